The smallest absolute Gasteiger partial charge is 0.164 e. The number of benzene rings is 7. The molecule has 0 radical (unpaired) electrons. The van der Waals surface area contributed by atoms with Gasteiger partial charge in [0.25, 0.3) is 0 Å². The van der Waals surface area contributed by atoms with E-state index in [1.165, 1.54) is 20.2 Å². The van der Waals surface area contributed by atoms with Gasteiger partial charge in [-0.1, -0.05) is 152 Å². The fraction of sp³-hybridized carbons (Fsp3) is 0. The summed E-state index contributed by atoms with van der Waals surface area (Å²) in [4.78, 5) is 15.6. The van der Waals surface area contributed by atoms with E-state index in [1.807, 2.05) is 35.6 Å². The Labute approximate surface area is 288 Å². The van der Waals surface area contributed by atoms with Gasteiger partial charge in [-0.05, 0) is 57.6 Å². The molecule has 49 heavy (non-hydrogen) atoms. The van der Waals surface area contributed by atoms with Crippen LogP contribution in [0.3, 0.4) is 0 Å². The lowest BCUT2D eigenvalue weighted by Gasteiger charge is -2.14. The summed E-state index contributed by atoms with van der Waals surface area (Å²) < 4.78 is 2.60. The number of thiophene rings is 1. The molecule has 2 aromatic heterocycles. The molecule has 0 N–H and O–H groups in total. The summed E-state index contributed by atoms with van der Waals surface area (Å²) in [5.74, 6) is 1.91. The van der Waals surface area contributed by atoms with Gasteiger partial charge in [0.2, 0.25) is 0 Å². The molecule has 0 aliphatic rings. The molecule has 0 amide bonds. The van der Waals surface area contributed by atoms with Crippen LogP contribution in [0.15, 0.2) is 176 Å². The van der Waals surface area contributed by atoms with Gasteiger partial charge in [-0.25, -0.2) is 15.0 Å². The molecule has 7 aromatic carbocycles. The molecular formula is C45H29N3S. The number of hydrogen-bond acceptors (Lipinski definition) is 4. The van der Waals surface area contributed by atoms with E-state index in [9.17, 15) is 0 Å². The zero-order valence-electron chi connectivity index (χ0n) is 26.5. The first-order valence-corrected chi connectivity index (χ1v) is 17.2. The third-order valence-electron chi connectivity index (χ3n) is 8.97. The number of nitrogens with zero attached hydrogens (tertiary/aromatic N) is 3. The molecule has 0 atom stereocenters. The molecule has 0 fully saturated rings. The number of hydrogen-bond donors (Lipinski definition) is 0. The standard InChI is InChI=1S/C45H29N3S/c1-3-14-30(15-4-1)35-20-7-9-23-38(35)44-46-43(47-45(48-44)39-24-10-8-21-36(39)31-16-5-2-6-17-31)34-19-13-18-32(28-34)33-26-27-42-40(29-33)37-22-11-12-25-41(37)49-42/h1-29H. The zero-order chi connectivity index (χ0) is 32.6. The molecule has 2 heterocycles. The van der Waals surface area contributed by atoms with Crippen LogP contribution in [-0.4, -0.2) is 15.0 Å². The molecule has 0 bridgehead atoms. The average molecular weight is 644 g/mol. The highest BCUT2D eigenvalue weighted by Gasteiger charge is 2.18. The van der Waals surface area contributed by atoms with Gasteiger partial charge in [0.05, 0.1) is 0 Å². The molecule has 230 valence electrons. The highest BCUT2D eigenvalue weighted by molar-refractivity contribution is 7.25. The Bertz CT molecular complexity index is 2510. The Morgan fingerprint density at radius 2 is 0.755 bits per heavy atom. The second kappa shape index (κ2) is 12.4. The van der Waals surface area contributed by atoms with E-state index >= 15 is 0 Å². The van der Waals surface area contributed by atoms with Crippen molar-refractivity contribution >= 4 is 31.5 Å². The van der Waals surface area contributed by atoms with Crippen LogP contribution in [0.4, 0.5) is 0 Å². The molecule has 0 aliphatic heterocycles. The van der Waals surface area contributed by atoms with Crippen LogP contribution in [0, 0.1) is 0 Å². The molecular weight excluding hydrogens is 615 g/mol. The van der Waals surface area contributed by atoms with E-state index in [0.717, 1.165) is 50.1 Å². The SMILES string of the molecule is c1ccc(-c2ccccc2-c2nc(-c3cccc(-c4ccc5sc6ccccc6c5c4)c3)nc(-c3ccccc3-c3ccccc3)n2)cc1. The van der Waals surface area contributed by atoms with Crippen LogP contribution < -0.4 is 0 Å². The third kappa shape index (κ3) is 5.48. The number of fused-ring (bicyclic) bond motifs is 3. The molecule has 0 unspecified atom stereocenters. The van der Waals surface area contributed by atoms with Crippen molar-refractivity contribution in [2.24, 2.45) is 0 Å². The predicted octanol–water partition coefficient (Wildman–Crippen LogP) is 12.2. The molecule has 9 aromatic rings. The van der Waals surface area contributed by atoms with Gasteiger partial charge in [0, 0.05) is 36.9 Å². The Morgan fingerprint density at radius 1 is 0.286 bits per heavy atom. The quantitative estimate of drug-likeness (QED) is 0.181. The van der Waals surface area contributed by atoms with Gasteiger partial charge in [0.15, 0.2) is 17.5 Å². The van der Waals surface area contributed by atoms with E-state index in [-0.39, 0.29) is 0 Å². The molecule has 0 aliphatic carbocycles. The summed E-state index contributed by atoms with van der Waals surface area (Å²) >= 11 is 1.84. The monoisotopic (exact) mass is 643 g/mol. The first-order chi connectivity index (χ1) is 24.3. The first kappa shape index (κ1) is 29.0. The molecule has 0 saturated carbocycles. The maximum atomic E-state index is 5.19. The highest BCUT2D eigenvalue weighted by atomic mass is 32.1. The summed E-state index contributed by atoms with van der Waals surface area (Å²) in [6.07, 6.45) is 0. The maximum Gasteiger partial charge on any atom is 0.164 e. The molecule has 4 heteroatoms. The molecule has 9 rings (SSSR count). The Kier molecular flexibility index (Phi) is 7.34. The normalized spacial score (nSPS) is 11.3. The summed E-state index contributed by atoms with van der Waals surface area (Å²) in [6, 6.07) is 61.5. The largest absolute Gasteiger partial charge is 0.208 e. The van der Waals surface area contributed by atoms with E-state index in [2.05, 4.69) is 152 Å². The Morgan fingerprint density at radius 3 is 1.41 bits per heavy atom. The van der Waals surface area contributed by atoms with Crippen LogP contribution in [0.2, 0.25) is 0 Å². The van der Waals surface area contributed by atoms with E-state index in [1.54, 1.807) is 0 Å². The summed E-state index contributed by atoms with van der Waals surface area (Å²) in [5, 5.41) is 2.57. The molecule has 0 spiro atoms. The zero-order valence-corrected chi connectivity index (χ0v) is 27.3. The second-order valence-electron chi connectivity index (χ2n) is 12.0. The van der Waals surface area contributed by atoms with E-state index < -0.39 is 0 Å². The van der Waals surface area contributed by atoms with Gasteiger partial charge >= 0.3 is 0 Å². The van der Waals surface area contributed by atoms with Crippen LogP contribution in [0.1, 0.15) is 0 Å². The van der Waals surface area contributed by atoms with Crippen molar-refractivity contribution in [1.29, 1.82) is 0 Å². The molecule has 0 saturated heterocycles. The van der Waals surface area contributed by atoms with Crippen molar-refractivity contribution < 1.29 is 0 Å². The summed E-state index contributed by atoms with van der Waals surface area (Å²) in [7, 11) is 0. The Balaban J connectivity index is 1.23. The summed E-state index contributed by atoms with van der Waals surface area (Å²) in [5.41, 5.74) is 9.52. The van der Waals surface area contributed by atoms with Gasteiger partial charge < -0.3 is 0 Å². The van der Waals surface area contributed by atoms with Crippen molar-refractivity contribution in [3.8, 4) is 67.5 Å². The van der Waals surface area contributed by atoms with Crippen molar-refractivity contribution in [2.45, 2.75) is 0 Å². The van der Waals surface area contributed by atoms with Crippen LogP contribution in [-0.2, 0) is 0 Å². The predicted molar refractivity (Wildman–Crippen MR) is 205 cm³/mol. The van der Waals surface area contributed by atoms with Gasteiger partial charge in [-0.15, -0.1) is 11.3 Å². The Hall–Kier alpha value is -6.23. The number of aromatic nitrogens is 3. The van der Waals surface area contributed by atoms with Gasteiger partial charge in [0.1, 0.15) is 0 Å². The van der Waals surface area contributed by atoms with Crippen molar-refractivity contribution in [3.63, 3.8) is 0 Å². The van der Waals surface area contributed by atoms with E-state index in [0.29, 0.717) is 17.5 Å². The lowest BCUT2D eigenvalue weighted by atomic mass is 9.98. The third-order valence-corrected chi connectivity index (χ3v) is 10.1. The van der Waals surface area contributed by atoms with Crippen molar-refractivity contribution in [2.75, 3.05) is 0 Å². The van der Waals surface area contributed by atoms with Crippen molar-refractivity contribution in [1.82, 2.24) is 15.0 Å². The second-order valence-corrected chi connectivity index (χ2v) is 13.1. The minimum absolute atomic E-state index is 0.634. The minimum atomic E-state index is 0.634. The van der Waals surface area contributed by atoms with Crippen molar-refractivity contribution in [3.05, 3.63) is 176 Å². The van der Waals surface area contributed by atoms with Gasteiger partial charge in [-0.2, -0.15) is 0 Å². The summed E-state index contributed by atoms with van der Waals surface area (Å²) in [6.45, 7) is 0. The fourth-order valence-electron chi connectivity index (χ4n) is 6.58. The fourth-order valence-corrected chi connectivity index (χ4v) is 7.67. The van der Waals surface area contributed by atoms with Gasteiger partial charge in [-0.3, -0.25) is 0 Å². The lowest BCUT2D eigenvalue weighted by molar-refractivity contribution is 1.07. The average Bonchev–Trinajstić information content (AvgIpc) is 3.56. The van der Waals surface area contributed by atoms with E-state index in [4.69, 9.17) is 15.0 Å². The number of rotatable bonds is 6. The first-order valence-electron chi connectivity index (χ1n) is 16.4. The lowest BCUT2D eigenvalue weighted by Crippen LogP contribution is -2.02. The minimum Gasteiger partial charge on any atom is -0.208 e. The highest BCUT2D eigenvalue weighted by Crippen LogP contribution is 2.38. The molecule has 3 nitrogen and oxygen atoms in total. The maximum absolute atomic E-state index is 5.19. The van der Waals surface area contributed by atoms with Crippen LogP contribution >= 0.6 is 11.3 Å². The van der Waals surface area contributed by atoms with Crippen LogP contribution in [0.5, 0.6) is 0 Å². The van der Waals surface area contributed by atoms with Crippen LogP contribution in [0.25, 0.3) is 87.7 Å². The topological polar surface area (TPSA) is 38.7 Å².